The summed E-state index contributed by atoms with van der Waals surface area (Å²) in [4.78, 5) is 56.7. The molecule has 2 aromatic heterocycles. The van der Waals surface area contributed by atoms with Crippen molar-refractivity contribution in [2.45, 2.75) is 122 Å². The highest BCUT2D eigenvalue weighted by atomic mass is 16.5. The van der Waals surface area contributed by atoms with E-state index in [1.807, 2.05) is 0 Å². The number of nitrogens with one attached hydrogen (secondary N) is 2. The molecule has 13 nitrogen and oxygen atoms in total. The third-order valence-corrected chi connectivity index (χ3v) is 7.67. The fraction of sp³-hybridized carbons (Fsp3) is 0.611. The fourth-order valence-corrected chi connectivity index (χ4v) is 4.77. The van der Waals surface area contributed by atoms with Gasteiger partial charge in [0.2, 0.25) is 17.7 Å². The van der Waals surface area contributed by atoms with Gasteiger partial charge in [0.25, 0.3) is 0 Å². The Labute approximate surface area is 290 Å². The maximum Gasteiger partial charge on any atom is 0.305 e. The molecule has 0 bridgehead atoms. The van der Waals surface area contributed by atoms with Crippen LogP contribution in [0.4, 0.5) is 23.0 Å². The van der Waals surface area contributed by atoms with Crippen molar-refractivity contribution < 1.29 is 33.4 Å². The number of esters is 2. The number of methoxy groups -OCH3 is 2. The molecule has 2 N–H and O–H groups in total. The molecule has 13 heteroatoms. The van der Waals surface area contributed by atoms with Gasteiger partial charge >= 0.3 is 11.9 Å². The number of carbonyl (C=O) groups excluding carboxylic acids is 4. The number of unbranched alkanes of at least 4 members (excludes halogenated alkanes) is 11. The number of ether oxygens (including phenoxy) is 3. The number of pyridine rings is 2. The third-order valence-electron chi connectivity index (χ3n) is 7.67. The summed E-state index contributed by atoms with van der Waals surface area (Å²) < 4.78 is 14.9. The molecule has 0 saturated carbocycles. The van der Waals surface area contributed by atoms with E-state index in [0.29, 0.717) is 61.8 Å². The number of rotatable bonds is 26. The molecule has 0 aliphatic rings. The van der Waals surface area contributed by atoms with Gasteiger partial charge < -0.3 is 24.8 Å². The first-order valence-electron chi connectivity index (χ1n) is 17.6. The zero-order valence-electron chi connectivity index (χ0n) is 29.5. The van der Waals surface area contributed by atoms with Gasteiger partial charge in [-0.15, -0.1) is 10.2 Å². The number of amides is 2. The van der Waals surface area contributed by atoms with Crippen molar-refractivity contribution in [1.29, 1.82) is 0 Å². The molecule has 0 aliphatic carbocycles. The van der Waals surface area contributed by atoms with Gasteiger partial charge in [0.15, 0.2) is 5.82 Å². The van der Waals surface area contributed by atoms with Gasteiger partial charge in [-0.25, -0.2) is 9.97 Å². The summed E-state index contributed by atoms with van der Waals surface area (Å²) in [7, 11) is 2.79. The van der Waals surface area contributed by atoms with Crippen LogP contribution < -0.4 is 15.4 Å². The Balaban J connectivity index is 1.92. The zero-order valence-corrected chi connectivity index (χ0v) is 29.5. The number of hydrogen-bond acceptors (Lipinski definition) is 11. The van der Waals surface area contributed by atoms with Crippen molar-refractivity contribution in [3.05, 3.63) is 30.5 Å². The number of anilines is 2. The highest BCUT2D eigenvalue weighted by molar-refractivity contribution is 5.94. The van der Waals surface area contributed by atoms with E-state index in [-0.39, 0.29) is 29.6 Å². The normalized spacial score (nSPS) is 10.9. The standard InChI is InChI=1S/C36H54N6O7/c1-4-5-26-49-33-25-22-28(27-37-33)41-42-29-23-24-30(38-31(43)18-14-10-6-8-12-16-20-34(45)47-2)39-36(29)40-32(44)19-15-11-7-9-13-17-21-35(46)48-3/h22-25,27H,4-21,26H2,1-3H3,(H2,38,39,40,43,44). The Hall–Kier alpha value is -4.42. The van der Waals surface area contributed by atoms with E-state index in [1.165, 1.54) is 14.2 Å². The van der Waals surface area contributed by atoms with Gasteiger partial charge in [0, 0.05) is 31.7 Å². The van der Waals surface area contributed by atoms with E-state index < -0.39 is 0 Å². The van der Waals surface area contributed by atoms with E-state index in [4.69, 9.17) is 4.74 Å². The predicted molar refractivity (Wildman–Crippen MR) is 188 cm³/mol. The average molecular weight is 683 g/mol. The van der Waals surface area contributed by atoms with Crippen LogP contribution in [0.25, 0.3) is 0 Å². The van der Waals surface area contributed by atoms with Gasteiger partial charge in [-0.05, 0) is 50.3 Å². The van der Waals surface area contributed by atoms with Crippen LogP contribution in [-0.4, -0.2) is 54.5 Å². The topological polar surface area (TPSA) is 171 Å². The monoisotopic (exact) mass is 682 g/mol. The van der Waals surface area contributed by atoms with Crippen LogP contribution in [-0.2, 0) is 28.7 Å². The Morgan fingerprint density at radius 3 is 1.73 bits per heavy atom. The van der Waals surface area contributed by atoms with Crippen molar-refractivity contribution in [2.24, 2.45) is 10.2 Å². The van der Waals surface area contributed by atoms with Gasteiger partial charge in [-0.1, -0.05) is 64.7 Å². The second kappa shape index (κ2) is 25.6. The van der Waals surface area contributed by atoms with Crippen molar-refractivity contribution in [2.75, 3.05) is 31.5 Å². The Kier molecular flexibility index (Phi) is 21.3. The number of nitrogens with zero attached hydrogens (tertiary/aromatic N) is 4. The zero-order chi connectivity index (χ0) is 35.5. The molecule has 2 amide bonds. The van der Waals surface area contributed by atoms with Crippen LogP contribution >= 0.6 is 0 Å². The SMILES string of the molecule is CCCCOc1ccc(N=Nc2ccc(NC(=O)CCCCCCCCC(=O)OC)nc2NC(=O)CCCCCCCCC(=O)OC)cn1. The van der Waals surface area contributed by atoms with Gasteiger partial charge in [-0.3, -0.25) is 19.2 Å². The quantitative estimate of drug-likeness (QED) is 0.0560. The maximum absolute atomic E-state index is 12.9. The fourth-order valence-electron chi connectivity index (χ4n) is 4.77. The molecule has 0 unspecified atom stereocenters. The molecule has 0 spiro atoms. The average Bonchev–Trinajstić information content (AvgIpc) is 3.10. The number of aromatic nitrogens is 2. The number of hydrogen-bond donors (Lipinski definition) is 2. The van der Waals surface area contributed by atoms with Crippen molar-refractivity contribution in [3.8, 4) is 5.88 Å². The van der Waals surface area contributed by atoms with Crippen LogP contribution in [0.5, 0.6) is 5.88 Å². The molecule has 2 heterocycles. The molecular weight excluding hydrogens is 628 g/mol. The van der Waals surface area contributed by atoms with Crippen LogP contribution in [0.3, 0.4) is 0 Å². The Morgan fingerprint density at radius 1 is 0.653 bits per heavy atom. The number of carbonyl (C=O) groups is 4. The summed E-state index contributed by atoms with van der Waals surface area (Å²) >= 11 is 0. The molecule has 2 rings (SSSR count). The molecule has 270 valence electrons. The predicted octanol–water partition coefficient (Wildman–Crippen LogP) is 8.54. The van der Waals surface area contributed by atoms with Crippen molar-refractivity contribution in [3.63, 3.8) is 0 Å². The lowest BCUT2D eigenvalue weighted by Crippen LogP contribution is -2.15. The molecule has 0 saturated heterocycles. The summed E-state index contributed by atoms with van der Waals surface area (Å²) in [5, 5.41) is 14.2. The highest BCUT2D eigenvalue weighted by Gasteiger charge is 2.12. The van der Waals surface area contributed by atoms with Crippen LogP contribution in [0.15, 0.2) is 40.7 Å². The highest BCUT2D eigenvalue weighted by Crippen LogP contribution is 2.28. The first-order chi connectivity index (χ1) is 23.8. The van der Waals surface area contributed by atoms with Crippen LogP contribution in [0.1, 0.15) is 122 Å². The van der Waals surface area contributed by atoms with Crippen LogP contribution in [0.2, 0.25) is 0 Å². The lowest BCUT2D eigenvalue weighted by Gasteiger charge is -2.10. The van der Waals surface area contributed by atoms with E-state index in [9.17, 15) is 19.2 Å². The first kappa shape index (κ1) is 40.8. The maximum atomic E-state index is 12.9. The van der Waals surface area contributed by atoms with E-state index in [1.54, 1.807) is 30.5 Å². The molecular formula is C36H54N6O7. The minimum Gasteiger partial charge on any atom is -0.478 e. The largest absolute Gasteiger partial charge is 0.478 e. The summed E-state index contributed by atoms with van der Waals surface area (Å²) in [5.41, 5.74) is 0.847. The van der Waals surface area contributed by atoms with Gasteiger partial charge in [-0.2, -0.15) is 0 Å². The molecule has 0 atom stereocenters. The minimum absolute atomic E-state index is 0.163. The second-order valence-electron chi connectivity index (χ2n) is 11.8. The minimum atomic E-state index is -0.208. The molecule has 0 aliphatic heterocycles. The van der Waals surface area contributed by atoms with Crippen molar-refractivity contribution in [1.82, 2.24) is 9.97 Å². The van der Waals surface area contributed by atoms with E-state index in [0.717, 1.165) is 83.5 Å². The van der Waals surface area contributed by atoms with Gasteiger partial charge in [0.05, 0.1) is 27.0 Å². The lowest BCUT2D eigenvalue weighted by atomic mass is 10.1. The van der Waals surface area contributed by atoms with Crippen LogP contribution in [0, 0.1) is 0 Å². The molecule has 0 radical (unpaired) electrons. The van der Waals surface area contributed by atoms with E-state index in [2.05, 4.69) is 47.2 Å². The Bertz CT molecular complexity index is 1300. The van der Waals surface area contributed by atoms with Crippen molar-refractivity contribution >= 4 is 46.8 Å². The molecule has 0 fully saturated rings. The molecule has 49 heavy (non-hydrogen) atoms. The second-order valence-corrected chi connectivity index (χ2v) is 11.8. The Morgan fingerprint density at radius 2 is 1.20 bits per heavy atom. The summed E-state index contributed by atoms with van der Waals surface area (Å²) in [6.07, 6.45) is 15.8. The molecule has 0 aromatic carbocycles. The van der Waals surface area contributed by atoms with Gasteiger partial charge in [0.1, 0.15) is 17.2 Å². The third kappa shape index (κ3) is 19.2. The molecule has 2 aromatic rings. The summed E-state index contributed by atoms with van der Waals surface area (Å²) in [5.74, 6) is 0.281. The summed E-state index contributed by atoms with van der Waals surface area (Å²) in [6.45, 7) is 2.69. The first-order valence-corrected chi connectivity index (χ1v) is 17.6. The smallest absolute Gasteiger partial charge is 0.305 e. The number of azo groups is 1. The lowest BCUT2D eigenvalue weighted by molar-refractivity contribution is -0.141. The van der Waals surface area contributed by atoms with E-state index >= 15 is 0 Å². The summed E-state index contributed by atoms with van der Waals surface area (Å²) in [6, 6.07) is 6.76.